The molecule has 1 unspecified atom stereocenters. The topological polar surface area (TPSA) is 21.3 Å². The molecule has 0 saturated carbocycles. The Bertz CT molecular complexity index is 342. The standard InChI is InChI=1S/C12H17F2NO/c1-8(2)16-7-12(15-3)10-5-4-9(13)6-11(10)14/h4-6,8,12,15H,7H2,1-3H3. The molecule has 90 valence electrons. The van der Waals surface area contributed by atoms with E-state index >= 15 is 0 Å². The summed E-state index contributed by atoms with van der Waals surface area (Å²) < 4.78 is 31.6. The minimum atomic E-state index is -0.569. The van der Waals surface area contributed by atoms with E-state index in [0.29, 0.717) is 12.2 Å². The Morgan fingerprint density at radius 2 is 2.00 bits per heavy atom. The van der Waals surface area contributed by atoms with E-state index in [1.807, 2.05) is 13.8 Å². The first-order valence-electron chi connectivity index (χ1n) is 5.28. The monoisotopic (exact) mass is 229 g/mol. The van der Waals surface area contributed by atoms with E-state index in [9.17, 15) is 8.78 Å². The first kappa shape index (κ1) is 13.1. The second kappa shape index (κ2) is 5.92. The van der Waals surface area contributed by atoms with Crippen LogP contribution in [0.15, 0.2) is 18.2 Å². The second-order valence-corrected chi connectivity index (χ2v) is 3.89. The summed E-state index contributed by atoms with van der Waals surface area (Å²) in [5.41, 5.74) is 0.421. The third kappa shape index (κ3) is 3.54. The molecule has 0 aliphatic rings. The Balaban J connectivity index is 2.78. The zero-order chi connectivity index (χ0) is 12.1. The average Bonchev–Trinajstić information content (AvgIpc) is 2.21. The smallest absolute Gasteiger partial charge is 0.130 e. The van der Waals surface area contributed by atoms with Crippen molar-refractivity contribution < 1.29 is 13.5 Å². The summed E-state index contributed by atoms with van der Waals surface area (Å²) in [7, 11) is 1.72. The van der Waals surface area contributed by atoms with E-state index in [1.54, 1.807) is 7.05 Å². The maximum Gasteiger partial charge on any atom is 0.130 e. The number of likely N-dealkylation sites (N-methyl/N-ethyl adjacent to an activating group) is 1. The Morgan fingerprint density at radius 3 is 2.50 bits per heavy atom. The van der Waals surface area contributed by atoms with Gasteiger partial charge in [0.1, 0.15) is 11.6 Å². The number of hydrogen-bond donors (Lipinski definition) is 1. The fraction of sp³-hybridized carbons (Fsp3) is 0.500. The summed E-state index contributed by atoms with van der Waals surface area (Å²) in [6.45, 7) is 4.18. The minimum Gasteiger partial charge on any atom is -0.377 e. The molecule has 0 aliphatic heterocycles. The van der Waals surface area contributed by atoms with Gasteiger partial charge < -0.3 is 10.1 Å². The maximum atomic E-state index is 13.5. The summed E-state index contributed by atoms with van der Waals surface area (Å²) >= 11 is 0. The van der Waals surface area contributed by atoms with Gasteiger partial charge in [0.25, 0.3) is 0 Å². The van der Waals surface area contributed by atoms with Gasteiger partial charge in [-0.15, -0.1) is 0 Å². The van der Waals surface area contributed by atoms with Crippen LogP contribution in [0.25, 0.3) is 0 Å². The van der Waals surface area contributed by atoms with Crippen LogP contribution in [-0.2, 0) is 4.74 Å². The molecule has 16 heavy (non-hydrogen) atoms. The van der Waals surface area contributed by atoms with E-state index in [0.717, 1.165) is 6.07 Å². The van der Waals surface area contributed by atoms with Crippen LogP contribution >= 0.6 is 0 Å². The van der Waals surface area contributed by atoms with Gasteiger partial charge in [0.2, 0.25) is 0 Å². The molecule has 4 heteroatoms. The lowest BCUT2D eigenvalue weighted by atomic mass is 10.1. The lowest BCUT2D eigenvalue weighted by Crippen LogP contribution is -2.24. The number of nitrogens with one attached hydrogen (secondary N) is 1. The highest BCUT2D eigenvalue weighted by molar-refractivity contribution is 5.22. The number of hydrogen-bond acceptors (Lipinski definition) is 2. The van der Waals surface area contributed by atoms with Gasteiger partial charge in [-0.3, -0.25) is 0 Å². The third-order valence-corrected chi connectivity index (χ3v) is 2.28. The van der Waals surface area contributed by atoms with Crippen LogP contribution < -0.4 is 5.32 Å². The summed E-state index contributed by atoms with van der Waals surface area (Å²) in [6, 6.07) is 3.31. The van der Waals surface area contributed by atoms with Gasteiger partial charge in [-0.05, 0) is 27.0 Å². The zero-order valence-electron chi connectivity index (χ0n) is 9.76. The van der Waals surface area contributed by atoms with Crippen LogP contribution in [0.3, 0.4) is 0 Å². The predicted molar refractivity (Wildman–Crippen MR) is 59.2 cm³/mol. The van der Waals surface area contributed by atoms with Crippen LogP contribution in [0.2, 0.25) is 0 Å². The van der Waals surface area contributed by atoms with Crippen LogP contribution in [0.5, 0.6) is 0 Å². The van der Waals surface area contributed by atoms with Crippen molar-refractivity contribution in [3.8, 4) is 0 Å². The quantitative estimate of drug-likeness (QED) is 0.838. The largest absolute Gasteiger partial charge is 0.377 e. The van der Waals surface area contributed by atoms with Crippen molar-refractivity contribution in [3.05, 3.63) is 35.4 Å². The van der Waals surface area contributed by atoms with E-state index in [1.165, 1.54) is 12.1 Å². The van der Waals surface area contributed by atoms with E-state index in [2.05, 4.69) is 5.32 Å². The minimum absolute atomic E-state index is 0.0827. The van der Waals surface area contributed by atoms with Crippen molar-refractivity contribution in [2.24, 2.45) is 0 Å². The number of ether oxygens (including phenoxy) is 1. The normalized spacial score (nSPS) is 13.1. The van der Waals surface area contributed by atoms with Gasteiger partial charge >= 0.3 is 0 Å². The molecular weight excluding hydrogens is 212 g/mol. The van der Waals surface area contributed by atoms with Crippen molar-refractivity contribution in [2.45, 2.75) is 26.0 Å². The molecular formula is C12H17F2NO. The Kier molecular flexibility index (Phi) is 4.83. The Hall–Kier alpha value is -1.00. The maximum absolute atomic E-state index is 13.5. The van der Waals surface area contributed by atoms with Crippen molar-refractivity contribution in [1.82, 2.24) is 5.32 Å². The molecule has 1 aromatic rings. The highest BCUT2D eigenvalue weighted by Crippen LogP contribution is 2.18. The first-order valence-corrected chi connectivity index (χ1v) is 5.28. The van der Waals surface area contributed by atoms with Crippen LogP contribution in [0.1, 0.15) is 25.5 Å². The molecule has 1 aromatic carbocycles. The number of rotatable bonds is 5. The number of benzene rings is 1. The highest BCUT2D eigenvalue weighted by Gasteiger charge is 2.15. The molecule has 1 rings (SSSR count). The summed E-state index contributed by atoms with van der Waals surface area (Å²) in [5, 5.41) is 2.95. The van der Waals surface area contributed by atoms with Gasteiger partial charge in [-0.25, -0.2) is 8.78 Å². The third-order valence-electron chi connectivity index (χ3n) is 2.28. The fourth-order valence-electron chi connectivity index (χ4n) is 1.40. The zero-order valence-corrected chi connectivity index (χ0v) is 9.76. The lowest BCUT2D eigenvalue weighted by molar-refractivity contribution is 0.0619. The molecule has 0 aliphatic carbocycles. The molecule has 0 amide bonds. The van der Waals surface area contributed by atoms with Crippen molar-refractivity contribution in [2.75, 3.05) is 13.7 Å². The molecule has 0 saturated heterocycles. The molecule has 2 nitrogen and oxygen atoms in total. The predicted octanol–water partition coefficient (Wildman–Crippen LogP) is 2.65. The van der Waals surface area contributed by atoms with Gasteiger partial charge in [-0.2, -0.15) is 0 Å². The fourth-order valence-corrected chi connectivity index (χ4v) is 1.40. The summed E-state index contributed by atoms with van der Waals surface area (Å²) in [5.74, 6) is -1.12. The second-order valence-electron chi connectivity index (χ2n) is 3.89. The molecule has 1 atom stereocenters. The molecule has 0 radical (unpaired) electrons. The van der Waals surface area contributed by atoms with E-state index < -0.39 is 11.6 Å². The molecule has 0 spiro atoms. The van der Waals surface area contributed by atoms with Crippen LogP contribution in [-0.4, -0.2) is 19.8 Å². The SMILES string of the molecule is CNC(COC(C)C)c1ccc(F)cc1F. The molecule has 0 bridgehead atoms. The van der Waals surface area contributed by atoms with Gasteiger partial charge in [0.15, 0.2) is 0 Å². The van der Waals surface area contributed by atoms with E-state index in [-0.39, 0.29) is 12.1 Å². The molecule has 0 fully saturated rings. The summed E-state index contributed by atoms with van der Waals surface area (Å²) in [6.07, 6.45) is 0.0827. The van der Waals surface area contributed by atoms with Crippen LogP contribution in [0.4, 0.5) is 8.78 Å². The number of halogens is 2. The Morgan fingerprint density at radius 1 is 1.31 bits per heavy atom. The first-order chi connectivity index (χ1) is 7.54. The van der Waals surface area contributed by atoms with Gasteiger partial charge in [0, 0.05) is 11.6 Å². The van der Waals surface area contributed by atoms with Crippen LogP contribution in [0, 0.1) is 11.6 Å². The van der Waals surface area contributed by atoms with Gasteiger partial charge in [-0.1, -0.05) is 6.07 Å². The average molecular weight is 229 g/mol. The molecule has 0 heterocycles. The van der Waals surface area contributed by atoms with E-state index in [4.69, 9.17) is 4.74 Å². The lowest BCUT2D eigenvalue weighted by Gasteiger charge is -2.19. The Labute approximate surface area is 94.6 Å². The highest BCUT2D eigenvalue weighted by atomic mass is 19.1. The molecule has 0 aromatic heterocycles. The summed E-state index contributed by atoms with van der Waals surface area (Å²) in [4.78, 5) is 0. The molecule has 1 N–H and O–H groups in total. The van der Waals surface area contributed by atoms with Gasteiger partial charge in [0.05, 0.1) is 18.8 Å². The van der Waals surface area contributed by atoms with Crippen molar-refractivity contribution >= 4 is 0 Å². The van der Waals surface area contributed by atoms with Crippen molar-refractivity contribution in [1.29, 1.82) is 0 Å². The van der Waals surface area contributed by atoms with Crippen molar-refractivity contribution in [3.63, 3.8) is 0 Å².